The predicted octanol–water partition coefficient (Wildman–Crippen LogP) is 2.03. The second-order valence-corrected chi connectivity index (χ2v) is 4.92. The van der Waals surface area contributed by atoms with Gasteiger partial charge in [-0.1, -0.05) is 6.92 Å². The van der Waals surface area contributed by atoms with Crippen LogP contribution < -0.4 is 10.6 Å². The molecule has 3 nitrogen and oxygen atoms in total. The number of likely N-dealkylation sites (N-methyl/N-ethyl adjacent to an activating group) is 1. The standard InChI is InChI=1S/C14H23N3/c1-4-16-5-7-17(8-6-16)14-10-12(3)11(2)9-13(14)15/h9-10H,4-8,15H2,1-3H3. The number of hydrogen-bond acceptors (Lipinski definition) is 3. The van der Waals surface area contributed by atoms with Crippen LogP contribution in [0.3, 0.4) is 0 Å². The normalized spacial score (nSPS) is 17.5. The second kappa shape index (κ2) is 4.96. The molecule has 1 aliphatic rings. The van der Waals surface area contributed by atoms with Crippen LogP contribution in [0.2, 0.25) is 0 Å². The van der Waals surface area contributed by atoms with E-state index in [0.717, 1.165) is 38.4 Å². The Labute approximate surface area is 104 Å². The van der Waals surface area contributed by atoms with Gasteiger partial charge in [0.1, 0.15) is 0 Å². The zero-order valence-electron chi connectivity index (χ0n) is 11.2. The van der Waals surface area contributed by atoms with Gasteiger partial charge < -0.3 is 15.5 Å². The lowest BCUT2D eigenvalue weighted by atomic mass is 10.1. The minimum atomic E-state index is 0.915. The maximum absolute atomic E-state index is 6.13. The molecule has 1 saturated heterocycles. The maximum Gasteiger partial charge on any atom is 0.0603 e. The van der Waals surface area contributed by atoms with Crippen molar-refractivity contribution in [3.8, 4) is 0 Å². The van der Waals surface area contributed by atoms with E-state index in [-0.39, 0.29) is 0 Å². The van der Waals surface area contributed by atoms with Crippen LogP contribution in [-0.4, -0.2) is 37.6 Å². The van der Waals surface area contributed by atoms with Gasteiger partial charge in [0.15, 0.2) is 0 Å². The topological polar surface area (TPSA) is 32.5 Å². The summed E-state index contributed by atoms with van der Waals surface area (Å²) in [5.74, 6) is 0. The van der Waals surface area contributed by atoms with Crippen molar-refractivity contribution in [2.45, 2.75) is 20.8 Å². The molecule has 0 bridgehead atoms. The summed E-state index contributed by atoms with van der Waals surface area (Å²) in [5, 5.41) is 0. The molecule has 17 heavy (non-hydrogen) atoms. The quantitative estimate of drug-likeness (QED) is 0.793. The first-order valence-corrected chi connectivity index (χ1v) is 6.46. The van der Waals surface area contributed by atoms with Crippen LogP contribution in [0.4, 0.5) is 11.4 Å². The van der Waals surface area contributed by atoms with Crippen LogP contribution in [0.15, 0.2) is 12.1 Å². The highest BCUT2D eigenvalue weighted by Crippen LogP contribution is 2.27. The van der Waals surface area contributed by atoms with Gasteiger partial charge in [-0.25, -0.2) is 0 Å². The van der Waals surface area contributed by atoms with E-state index in [1.54, 1.807) is 0 Å². The highest BCUT2D eigenvalue weighted by atomic mass is 15.3. The number of anilines is 2. The summed E-state index contributed by atoms with van der Waals surface area (Å²) in [7, 11) is 0. The Morgan fingerprint density at radius 3 is 2.24 bits per heavy atom. The molecule has 0 amide bonds. The van der Waals surface area contributed by atoms with Gasteiger partial charge in [0, 0.05) is 26.2 Å². The van der Waals surface area contributed by atoms with E-state index in [2.05, 4.69) is 42.7 Å². The van der Waals surface area contributed by atoms with Crippen LogP contribution in [0, 0.1) is 13.8 Å². The highest BCUT2D eigenvalue weighted by molar-refractivity contribution is 5.70. The third-order valence-corrected chi connectivity index (χ3v) is 3.80. The molecule has 1 aromatic carbocycles. The molecular formula is C14H23N3. The van der Waals surface area contributed by atoms with Crippen LogP contribution in [0.1, 0.15) is 18.1 Å². The summed E-state index contributed by atoms with van der Waals surface area (Å²) in [6.07, 6.45) is 0. The van der Waals surface area contributed by atoms with E-state index < -0.39 is 0 Å². The van der Waals surface area contributed by atoms with E-state index in [0.29, 0.717) is 0 Å². The van der Waals surface area contributed by atoms with Crippen LogP contribution >= 0.6 is 0 Å². The molecule has 1 heterocycles. The summed E-state index contributed by atoms with van der Waals surface area (Å²) < 4.78 is 0. The Balaban J connectivity index is 2.16. The van der Waals surface area contributed by atoms with Crippen molar-refractivity contribution < 1.29 is 0 Å². The van der Waals surface area contributed by atoms with Crippen molar-refractivity contribution in [3.63, 3.8) is 0 Å². The van der Waals surface area contributed by atoms with Gasteiger partial charge in [0.25, 0.3) is 0 Å². The molecule has 0 spiro atoms. The van der Waals surface area contributed by atoms with Crippen LogP contribution in [0.25, 0.3) is 0 Å². The lowest BCUT2D eigenvalue weighted by molar-refractivity contribution is 0.271. The predicted molar refractivity (Wildman–Crippen MR) is 74.7 cm³/mol. The van der Waals surface area contributed by atoms with Crippen molar-refractivity contribution in [2.75, 3.05) is 43.4 Å². The van der Waals surface area contributed by atoms with E-state index in [9.17, 15) is 0 Å². The average Bonchev–Trinajstić information content (AvgIpc) is 2.34. The monoisotopic (exact) mass is 233 g/mol. The first-order chi connectivity index (χ1) is 8.11. The fourth-order valence-electron chi connectivity index (χ4n) is 2.40. The van der Waals surface area contributed by atoms with E-state index in [1.165, 1.54) is 16.8 Å². The molecule has 0 radical (unpaired) electrons. The molecule has 2 rings (SSSR count). The lowest BCUT2D eigenvalue weighted by Gasteiger charge is -2.36. The first kappa shape index (κ1) is 12.2. The van der Waals surface area contributed by atoms with Gasteiger partial charge >= 0.3 is 0 Å². The Hall–Kier alpha value is -1.22. The number of aryl methyl sites for hydroxylation is 2. The molecular weight excluding hydrogens is 210 g/mol. The Bertz CT molecular complexity index is 393. The molecule has 0 unspecified atom stereocenters. The average molecular weight is 233 g/mol. The van der Waals surface area contributed by atoms with Crippen molar-refractivity contribution in [1.29, 1.82) is 0 Å². The minimum absolute atomic E-state index is 0.915. The molecule has 0 aromatic heterocycles. The van der Waals surface area contributed by atoms with Gasteiger partial charge in [-0.15, -0.1) is 0 Å². The molecule has 1 aromatic rings. The van der Waals surface area contributed by atoms with Crippen molar-refractivity contribution in [2.24, 2.45) is 0 Å². The van der Waals surface area contributed by atoms with E-state index in [1.807, 2.05) is 0 Å². The number of nitrogens with zero attached hydrogens (tertiary/aromatic N) is 2. The molecule has 94 valence electrons. The third-order valence-electron chi connectivity index (χ3n) is 3.80. The Kier molecular flexibility index (Phi) is 3.57. The highest BCUT2D eigenvalue weighted by Gasteiger charge is 2.17. The van der Waals surface area contributed by atoms with E-state index in [4.69, 9.17) is 5.73 Å². The maximum atomic E-state index is 6.13. The largest absolute Gasteiger partial charge is 0.397 e. The molecule has 0 saturated carbocycles. The zero-order valence-corrected chi connectivity index (χ0v) is 11.2. The smallest absolute Gasteiger partial charge is 0.0603 e. The molecule has 3 heteroatoms. The van der Waals surface area contributed by atoms with Crippen molar-refractivity contribution in [1.82, 2.24) is 4.90 Å². The zero-order chi connectivity index (χ0) is 12.4. The molecule has 0 aliphatic carbocycles. The van der Waals surface area contributed by atoms with E-state index >= 15 is 0 Å². The number of rotatable bonds is 2. The van der Waals surface area contributed by atoms with Gasteiger partial charge in [-0.05, 0) is 43.7 Å². The molecule has 0 atom stereocenters. The van der Waals surface area contributed by atoms with Gasteiger partial charge in [0.05, 0.1) is 11.4 Å². The molecule has 1 fully saturated rings. The first-order valence-electron chi connectivity index (χ1n) is 6.46. The lowest BCUT2D eigenvalue weighted by Crippen LogP contribution is -2.46. The third kappa shape index (κ3) is 2.55. The molecule has 2 N–H and O–H groups in total. The number of piperazine rings is 1. The number of hydrogen-bond donors (Lipinski definition) is 1. The minimum Gasteiger partial charge on any atom is -0.397 e. The number of nitrogens with two attached hydrogens (primary N) is 1. The molecule has 1 aliphatic heterocycles. The van der Waals surface area contributed by atoms with Crippen LogP contribution in [0.5, 0.6) is 0 Å². The van der Waals surface area contributed by atoms with Gasteiger partial charge in [-0.2, -0.15) is 0 Å². The summed E-state index contributed by atoms with van der Waals surface area (Å²) in [4.78, 5) is 4.89. The SMILES string of the molecule is CCN1CCN(c2cc(C)c(C)cc2N)CC1. The summed E-state index contributed by atoms with van der Waals surface area (Å²) in [5.41, 5.74) is 10.9. The summed E-state index contributed by atoms with van der Waals surface area (Å²) >= 11 is 0. The Morgan fingerprint density at radius 1 is 1.06 bits per heavy atom. The number of benzene rings is 1. The van der Waals surface area contributed by atoms with Crippen molar-refractivity contribution in [3.05, 3.63) is 23.3 Å². The van der Waals surface area contributed by atoms with Gasteiger partial charge in [-0.3, -0.25) is 0 Å². The van der Waals surface area contributed by atoms with Crippen LogP contribution in [-0.2, 0) is 0 Å². The number of nitrogen functional groups attached to an aromatic ring is 1. The second-order valence-electron chi connectivity index (χ2n) is 4.92. The summed E-state index contributed by atoms with van der Waals surface area (Å²) in [6, 6.07) is 4.32. The fourth-order valence-corrected chi connectivity index (χ4v) is 2.40. The Morgan fingerprint density at radius 2 is 1.65 bits per heavy atom. The van der Waals surface area contributed by atoms with Crippen molar-refractivity contribution >= 4 is 11.4 Å². The summed E-state index contributed by atoms with van der Waals surface area (Å²) in [6.45, 7) is 12.1. The van der Waals surface area contributed by atoms with Gasteiger partial charge in [0.2, 0.25) is 0 Å². The fraction of sp³-hybridized carbons (Fsp3) is 0.571.